The van der Waals surface area contributed by atoms with Crippen molar-refractivity contribution in [3.63, 3.8) is 0 Å². The van der Waals surface area contributed by atoms with Crippen LogP contribution in [0, 0.1) is 0 Å². The zero-order valence-corrected chi connectivity index (χ0v) is 14.1. The summed E-state index contributed by atoms with van der Waals surface area (Å²) >= 11 is 6.95. The molecular weight excluding hydrogens is 346 g/mol. The van der Waals surface area contributed by atoms with Gasteiger partial charge < -0.3 is 4.42 Å². The molecule has 2 aromatic heterocycles. The van der Waals surface area contributed by atoms with Crippen molar-refractivity contribution in [2.24, 2.45) is 0 Å². The lowest BCUT2D eigenvalue weighted by Crippen LogP contribution is -2.29. The van der Waals surface area contributed by atoms with Gasteiger partial charge in [0.25, 0.3) is 0 Å². The summed E-state index contributed by atoms with van der Waals surface area (Å²) in [6, 6.07) is 5.98. The van der Waals surface area contributed by atoms with Gasteiger partial charge in [-0.1, -0.05) is 11.6 Å². The molecule has 22 heavy (non-hydrogen) atoms. The molecule has 1 unspecified atom stereocenters. The fourth-order valence-corrected chi connectivity index (χ4v) is 4.43. The first-order valence-corrected chi connectivity index (χ1v) is 8.90. The van der Waals surface area contributed by atoms with Crippen LogP contribution >= 0.6 is 23.3 Å². The van der Waals surface area contributed by atoms with Crippen molar-refractivity contribution >= 4 is 44.4 Å². The highest BCUT2D eigenvalue weighted by Gasteiger charge is 2.30. The standard InChI is InChI=1S/C13H12ClN3O3S2/c1-8(10-4-3-7-20-10)17(2)22(18,19)11-6-5-9(14)12-13(11)16-21-15-12/h3-8H,1-2H3. The van der Waals surface area contributed by atoms with Crippen molar-refractivity contribution in [2.75, 3.05) is 7.05 Å². The molecular formula is C13H12ClN3O3S2. The van der Waals surface area contributed by atoms with Crippen molar-refractivity contribution in [1.29, 1.82) is 0 Å². The van der Waals surface area contributed by atoms with Crippen molar-refractivity contribution in [2.45, 2.75) is 17.9 Å². The molecule has 2 heterocycles. The van der Waals surface area contributed by atoms with Gasteiger partial charge in [0.15, 0.2) is 0 Å². The van der Waals surface area contributed by atoms with Crippen molar-refractivity contribution in [3.8, 4) is 0 Å². The van der Waals surface area contributed by atoms with Gasteiger partial charge in [0.05, 0.1) is 29.1 Å². The zero-order valence-electron chi connectivity index (χ0n) is 11.7. The number of halogens is 1. The summed E-state index contributed by atoms with van der Waals surface area (Å²) in [5.41, 5.74) is 0.683. The second kappa shape index (κ2) is 5.62. The lowest BCUT2D eigenvalue weighted by atomic mass is 10.3. The Balaban J connectivity index is 2.08. The molecule has 0 fully saturated rings. The molecule has 0 aliphatic rings. The second-order valence-electron chi connectivity index (χ2n) is 4.72. The topological polar surface area (TPSA) is 76.3 Å². The number of nitrogens with zero attached hydrogens (tertiary/aromatic N) is 3. The van der Waals surface area contributed by atoms with Crippen LogP contribution in [0.1, 0.15) is 18.7 Å². The first kappa shape index (κ1) is 15.4. The SMILES string of the molecule is CC(c1ccco1)N(C)S(=O)(=O)c1ccc(Cl)c2nsnc12. The maximum atomic E-state index is 12.9. The lowest BCUT2D eigenvalue weighted by Gasteiger charge is -2.22. The Morgan fingerprint density at radius 3 is 2.68 bits per heavy atom. The minimum Gasteiger partial charge on any atom is -0.468 e. The monoisotopic (exact) mass is 357 g/mol. The van der Waals surface area contributed by atoms with Crippen molar-refractivity contribution < 1.29 is 12.8 Å². The molecule has 0 N–H and O–H groups in total. The molecule has 116 valence electrons. The molecule has 0 saturated heterocycles. The quantitative estimate of drug-likeness (QED) is 0.715. The smallest absolute Gasteiger partial charge is 0.245 e. The molecule has 0 bridgehead atoms. The molecule has 0 amide bonds. The summed E-state index contributed by atoms with van der Waals surface area (Å²) in [6.07, 6.45) is 1.51. The highest BCUT2D eigenvalue weighted by molar-refractivity contribution is 7.89. The average Bonchev–Trinajstić information content (AvgIpc) is 3.17. The summed E-state index contributed by atoms with van der Waals surface area (Å²) in [6.45, 7) is 1.75. The van der Waals surface area contributed by atoms with E-state index in [0.29, 0.717) is 16.3 Å². The molecule has 1 aromatic carbocycles. The fourth-order valence-electron chi connectivity index (χ4n) is 2.09. The largest absolute Gasteiger partial charge is 0.468 e. The Labute approximate surface area is 136 Å². The van der Waals surface area contributed by atoms with Crippen LogP contribution in [0.5, 0.6) is 0 Å². The van der Waals surface area contributed by atoms with Crippen LogP contribution in [-0.4, -0.2) is 28.5 Å². The summed E-state index contributed by atoms with van der Waals surface area (Å²) in [5, 5.41) is 0.379. The van der Waals surface area contributed by atoms with Gasteiger partial charge in [0.1, 0.15) is 21.7 Å². The number of rotatable bonds is 4. The minimum atomic E-state index is -3.76. The lowest BCUT2D eigenvalue weighted by molar-refractivity contribution is 0.340. The minimum absolute atomic E-state index is 0.0848. The van der Waals surface area contributed by atoms with Crippen LogP contribution in [0.2, 0.25) is 5.02 Å². The number of hydrogen-bond acceptors (Lipinski definition) is 6. The van der Waals surface area contributed by atoms with Crippen molar-refractivity contribution in [3.05, 3.63) is 41.3 Å². The van der Waals surface area contributed by atoms with Gasteiger partial charge >= 0.3 is 0 Å². The molecule has 9 heteroatoms. The van der Waals surface area contributed by atoms with E-state index in [1.54, 1.807) is 19.1 Å². The fraction of sp³-hybridized carbons (Fsp3) is 0.231. The Bertz CT molecular complexity index is 906. The summed E-state index contributed by atoms with van der Waals surface area (Å²) < 4.78 is 40.4. The Hall–Kier alpha value is -1.48. The van der Waals surface area contributed by atoms with Gasteiger partial charge in [-0.2, -0.15) is 13.1 Å². The molecule has 0 radical (unpaired) electrons. The van der Waals surface area contributed by atoms with E-state index in [4.69, 9.17) is 16.0 Å². The van der Waals surface area contributed by atoms with Gasteiger partial charge in [-0.05, 0) is 31.2 Å². The maximum absolute atomic E-state index is 12.9. The van der Waals surface area contributed by atoms with E-state index >= 15 is 0 Å². The second-order valence-corrected chi connectivity index (χ2v) is 7.62. The van der Waals surface area contributed by atoms with Gasteiger partial charge in [-0.3, -0.25) is 0 Å². The highest BCUT2D eigenvalue weighted by Crippen LogP contribution is 2.32. The van der Waals surface area contributed by atoms with Crippen LogP contribution in [0.4, 0.5) is 0 Å². The molecule has 0 spiro atoms. The molecule has 0 aliphatic heterocycles. The van der Waals surface area contributed by atoms with Gasteiger partial charge in [0.2, 0.25) is 10.0 Å². The van der Waals surface area contributed by atoms with E-state index in [9.17, 15) is 8.42 Å². The summed E-state index contributed by atoms with van der Waals surface area (Å²) in [4.78, 5) is 0.0848. The number of furan rings is 1. The van der Waals surface area contributed by atoms with Gasteiger partial charge in [-0.25, -0.2) is 8.42 Å². The molecule has 3 rings (SSSR count). The summed E-state index contributed by atoms with van der Waals surface area (Å²) in [5.74, 6) is 0.563. The van der Waals surface area contributed by atoms with Crippen molar-refractivity contribution in [1.82, 2.24) is 13.1 Å². The Morgan fingerprint density at radius 1 is 1.27 bits per heavy atom. The molecule has 3 aromatic rings. The normalized spacial score (nSPS) is 13.8. The van der Waals surface area contributed by atoms with Gasteiger partial charge in [0, 0.05) is 7.05 Å². The zero-order chi connectivity index (χ0) is 15.9. The first-order valence-electron chi connectivity index (χ1n) is 6.35. The molecule has 0 saturated carbocycles. The number of sulfonamides is 1. The predicted octanol–water partition coefficient (Wildman–Crippen LogP) is 3.32. The first-order chi connectivity index (χ1) is 10.4. The van der Waals surface area contributed by atoms with E-state index in [2.05, 4.69) is 8.75 Å². The number of benzene rings is 1. The number of hydrogen-bond donors (Lipinski definition) is 0. The van der Waals surface area contributed by atoms with E-state index in [-0.39, 0.29) is 10.4 Å². The van der Waals surface area contributed by atoms with E-state index in [1.165, 1.54) is 29.7 Å². The van der Waals surface area contributed by atoms with Crippen LogP contribution in [-0.2, 0) is 10.0 Å². The average molecular weight is 358 g/mol. The third kappa shape index (κ3) is 2.41. The molecule has 0 aliphatic carbocycles. The molecule has 1 atom stereocenters. The van der Waals surface area contributed by atoms with Crippen LogP contribution in [0.15, 0.2) is 39.8 Å². The summed E-state index contributed by atoms with van der Waals surface area (Å²) in [7, 11) is -2.26. The third-order valence-corrected chi connectivity index (χ3v) is 6.28. The maximum Gasteiger partial charge on any atom is 0.245 e. The van der Waals surface area contributed by atoms with E-state index in [0.717, 1.165) is 11.7 Å². The van der Waals surface area contributed by atoms with Crippen LogP contribution < -0.4 is 0 Å². The third-order valence-electron chi connectivity index (χ3n) is 3.49. The Morgan fingerprint density at radius 2 is 2.00 bits per heavy atom. The van der Waals surface area contributed by atoms with E-state index in [1.807, 2.05) is 0 Å². The number of fused-ring (bicyclic) bond motifs is 1. The van der Waals surface area contributed by atoms with Gasteiger partial charge in [-0.15, -0.1) is 0 Å². The highest BCUT2D eigenvalue weighted by atomic mass is 35.5. The molecule has 6 nitrogen and oxygen atoms in total. The van der Waals surface area contributed by atoms with Crippen LogP contribution in [0.3, 0.4) is 0 Å². The van der Waals surface area contributed by atoms with Crippen LogP contribution in [0.25, 0.3) is 11.0 Å². The predicted molar refractivity (Wildman–Crippen MR) is 84.5 cm³/mol. The number of aromatic nitrogens is 2. The van der Waals surface area contributed by atoms with E-state index < -0.39 is 16.1 Å². The Kier molecular flexibility index (Phi) is 3.94.